The summed E-state index contributed by atoms with van der Waals surface area (Å²) in [5.74, 6) is 1.01. The molecule has 1 aliphatic heterocycles. The Morgan fingerprint density at radius 3 is 2.93 bits per heavy atom. The van der Waals surface area contributed by atoms with Gasteiger partial charge in [0.1, 0.15) is 6.61 Å². The standard InChI is InChI=1S/C12H17NO2/c1-9-3-4-10(2)11(7-9)8-13-5-6-15-12(13)14/h3-4,8-10H,5-7H2,1-2H3/b11-8-/t9-,10+/m1/s1. The first kappa shape index (κ1) is 10.3. The van der Waals surface area contributed by atoms with E-state index in [1.54, 1.807) is 4.90 Å². The average molecular weight is 207 g/mol. The molecule has 3 nitrogen and oxygen atoms in total. The average Bonchev–Trinajstić information content (AvgIpc) is 2.58. The van der Waals surface area contributed by atoms with Crippen molar-refractivity contribution in [1.29, 1.82) is 0 Å². The molecule has 0 saturated carbocycles. The van der Waals surface area contributed by atoms with E-state index in [2.05, 4.69) is 26.0 Å². The molecule has 0 unspecified atom stereocenters. The van der Waals surface area contributed by atoms with Gasteiger partial charge in [-0.3, -0.25) is 4.90 Å². The van der Waals surface area contributed by atoms with Crippen LogP contribution in [0, 0.1) is 11.8 Å². The SMILES string of the molecule is C[C@@H]1C=C[C@H](C)/C(=C\N2CCOC2=O)C1. The van der Waals surface area contributed by atoms with Crippen LogP contribution in [0.25, 0.3) is 0 Å². The molecular weight excluding hydrogens is 190 g/mol. The number of allylic oxidation sites excluding steroid dienone is 3. The maximum absolute atomic E-state index is 11.3. The summed E-state index contributed by atoms with van der Waals surface area (Å²) in [6.07, 6.45) is 7.25. The van der Waals surface area contributed by atoms with Crippen LogP contribution in [0.15, 0.2) is 23.9 Å². The largest absolute Gasteiger partial charge is 0.447 e. The maximum Gasteiger partial charge on any atom is 0.413 e. The van der Waals surface area contributed by atoms with Crippen LogP contribution in [0.2, 0.25) is 0 Å². The zero-order valence-electron chi connectivity index (χ0n) is 9.27. The third kappa shape index (κ3) is 2.22. The number of ether oxygens (including phenoxy) is 1. The number of cyclic esters (lactones) is 1. The molecule has 2 atom stereocenters. The molecule has 1 aliphatic carbocycles. The van der Waals surface area contributed by atoms with Crippen molar-refractivity contribution < 1.29 is 9.53 Å². The van der Waals surface area contributed by atoms with E-state index in [4.69, 9.17) is 4.74 Å². The van der Waals surface area contributed by atoms with Gasteiger partial charge in [0.25, 0.3) is 0 Å². The predicted molar refractivity (Wildman–Crippen MR) is 58.2 cm³/mol. The molecule has 0 aromatic rings. The van der Waals surface area contributed by atoms with Gasteiger partial charge >= 0.3 is 6.09 Å². The van der Waals surface area contributed by atoms with Crippen molar-refractivity contribution in [1.82, 2.24) is 4.90 Å². The van der Waals surface area contributed by atoms with E-state index in [1.165, 1.54) is 5.57 Å². The van der Waals surface area contributed by atoms with Crippen molar-refractivity contribution in [2.45, 2.75) is 20.3 Å². The lowest BCUT2D eigenvalue weighted by molar-refractivity contribution is 0.166. The summed E-state index contributed by atoms with van der Waals surface area (Å²) in [6.45, 7) is 5.56. The Balaban J connectivity index is 2.12. The highest BCUT2D eigenvalue weighted by atomic mass is 16.6. The molecule has 3 heteroatoms. The van der Waals surface area contributed by atoms with Gasteiger partial charge < -0.3 is 4.74 Å². The third-order valence-corrected chi connectivity index (χ3v) is 2.98. The highest BCUT2D eigenvalue weighted by Gasteiger charge is 2.22. The van der Waals surface area contributed by atoms with Gasteiger partial charge in [-0.15, -0.1) is 0 Å². The molecule has 2 rings (SSSR count). The molecule has 15 heavy (non-hydrogen) atoms. The number of hydrogen-bond donors (Lipinski definition) is 0. The van der Waals surface area contributed by atoms with Crippen molar-refractivity contribution in [3.63, 3.8) is 0 Å². The van der Waals surface area contributed by atoms with Gasteiger partial charge in [-0.05, 0) is 23.8 Å². The van der Waals surface area contributed by atoms with Gasteiger partial charge in [0.2, 0.25) is 0 Å². The van der Waals surface area contributed by atoms with Gasteiger partial charge in [-0.1, -0.05) is 26.0 Å². The molecule has 1 fully saturated rings. The fourth-order valence-corrected chi connectivity index (χ4v) is 2.00. The minimum Gasteiger partial charge on any atom is -0.447 e. The molecule has 0 aromatic heterocycles. The first-order valence-electron chi connectivity index (χ1n) is 5.49. The van der Waals surface area contributed by atoms with Gasteiger partial charge in [0.15, 0.2) is 0 Å². The molecule has 1 amide bonds. The second-order valence-corrected chi connectivity index (χ2v) is 4.37. The quantitative estimate of drug-likeness (QED) is 0.618. The second-order valence-electron chi connectivity index (χ2n) is 4.37. The molecule has 0 spiro atoms. The summed E-state index contributed by atoms with van der Waals surface area (Å²) in [7, 11) is 0. The van der Waals surface area contributed by atoms with Crippen molar-refractivity contribution in [3.05, 3.63) is 23.9 Å². The van der Waals surface area contributed by atoms with E-state index < -0.39 is 0 Å². The predicted octanol–water partition coefficient (Wildman–Crippen LogP) is 2.55. The Morgan fingerprint density at radius 1 is 1.47 bits per heavy atom. The molecule has 82 valence electrons. The number of rotatable bonds is 1. The van der Waals surface area contributed by atoms with Crippen molar-refractivity contribution in [2.24, 2.45) is 11.8 Å². The Hall–Kier alpha value is -1.25. The summed E-state index contributed by atoms with van der Waals surface area (Å²) in [6, 6.07) is 0. The van der Waals surface area contributed by atoms with E-state index in [0.717, 1.165) is 6.42 Å². The Bertz CT molecular complexity index is 320. The number of carbonyl (C=O) groups excluding carboxylic acids is 1. The molecule has 2 aliphatic rings. The first-order valence-corrected chi connectivity index (χ1v) is 5.49. The highest BCUT2D eigenvalue weighted by Crippen LogP contribution is 2.28. The molecular formula is C12H17NO2. The fourth-order valence-electron chi connectivity index (χ4n) is 2.00. The van der Waals surface area contributed by atoms with E-state index in [0.29, 0.717) is 25.0 Å². The van der Waals surface area contributed by atoms with Gasteiger partial charge in [-0.2, -0.15) is 0 Å². The minimum absolute atomic E-state index is 0.211. The number of amides is 1. The maximum atomic E-state index is 11.3. The third-order valence-electron chi connectivity index (χ3n) is 2.98. The molecule has 1 saturated heterocycles. The van der Waals surface area contributed by atoms with Crippen LogP contribution < -0.4 is 0 Å². The smallest absolute Gasteiger partial charge is 0.413 e. The summed E-state index contributed by atoms with van der Waals surface area (Å²) < 4.78 is 4.89. The zero-order valence-corrected chi connectivity index (χ0v) is 9.27. The van der Waals surface area contributed by atoms with Crippen molar-refractivity contribution in [3.8, 4) is 0 Å². The Labute approximate surface area is 90.4 Å². The first-order chi connectivity index (χ1) is 7.16. The molecule has 1 heterocycles. The molecule has 0 N–H and O–H groups in total. The van der Waals surface area contributed by atoms with E-state index in [1.807, 2.05) is 6.20 Å². The summed E-state index contributed by atoms with van der Waals surface area (Å²) in [4.78, 5) is 13.0. The minimum atomic E-state index is -0.211. The van der Waals surface area contributed by atoms with Gasteiger partial charge in [-0.25, -0.2) is 4.79 Å². The normalized spacial score (nSPS) is 33.6. The lowest BCUT2D eigenvalue weighted by Gasteiger charge is -2.22. The summed E-state index contributed by atoms with van der Waals surface area (Å²) >= 11 is 0. The fraction of sp³-hybridized carbons (Fsp3) is 0.583. The zero-order chi connectivity index (χ0) is 10.8. The van der Waals surface area contributed by atoms with Crippen LogP contribution in [0.3, 0.4) is 0 Å². The second kappa shape index (κ2) is 4.09. The van der Waals surface area contributed by atoms with E-state index in [-0.39, 0.29) is 6.09 Å². The number of carbonyl (C=O) groups is 1. The summed E-state index contributed by atoms with van der Waals surface area (Å²) in [5, 5.41) is 0. The lowest BCUT2D eigenvalue weighted by Crippen LogP contribution is -2.20. The monoisotopic (exact) mass is 207 g/mol. The van der Waals surface area contributed by atoms with Crippen LogP contribution in [-0.2, 0) is 4.74 Å². The topological polar surface area (TPSA) is 29.5 Å². The van der Waals surface area contributed by atoms with Gasteiger partial charge in [0.05, 0.1) is 6.54 Å². The summed E-state index contributed by atoms with van der Waals surface area (Å²) in [5.41, 5.74) is 1.32. The van der Waals surface area contributed by atoms with Crippen LogP contribution in [0.4, 0.5) is 4.79 Å². The molecule has 0 aromatic carbocycles. The van der Waals surface area contributed by atoms with Crippen LogP contribution in [-0.4, -0.2) is 24.1 Å². The highest BCUT2D eigenvalue weighted by molar-refractivity contribution is 5.70. The number of nitrogens with zero attached hydrogens (tertiary/aromatic N) is 1. The van der Waals surface area contributed by atoms with E-state index in [9.17, 15) is 4.79 Å². The molecule has 0 bridgehead atoms. The number of hydrogen-bond acceptors (Lipinski definition) is 2. The van der Waals surface area contributed by atoms with E-state index >= 15 is 0 Å². The van der Waals surface area contributed by atoms with Crippen LogP contribution >= 0.6 is 0 Å². The van der Waals surface area contributed by atoms with Crippen molar-refractivity contribution >= 4 is 6.09 Å². The van der Waals surface area contributed by atoms with Crippen LogP contribution in [0.1, 0.15) is 20.3 Å². The van der Waals surface area contributed by atoms with Crippen LogP contribution in [0.5, 0.6) is 0 Å². The lowest BCUT2D eigenvalue weighted by atomic mass is 9.86. The van der Waals surface area contributed by atoms with Crippen molar-refractivity contribution in [2.75, 3.05) is 13.2 Å². The Morgan fingerprint density at radius 2 is 2.27 bits per heavy atom. The van der Waals surface area contributed by atoms with Gasteiger partial charge in [0, 0.05) is 6.20 Å². The Kier molecular flexibility index (Phi) is 2.80. The molecule has 0 radical (unpaired) electrons.